The van der Waals surface area contributed by atoms with Gasteiger partial charge in [0, 0.05) is 17.3 Å². The van der Waals surface area contributed by atoms with Gasteiger partial charge in [-0.05, 0) is 30.5 Å². The molecular weight excluding hydrogens is 269 g/mol. The third-order valence-corrected chi connectivity index (χ3v) is 3.02. The van der Waals surface area contributed by atoms with E-state index in [9.17, 15) is 18.0 Å². The predicted octanol–water partition coefficient (Wildman–Crippen LogP) is 3.54. The van der Waals surface area contributed by atoms with Gasteiger partial charge in [-0.25, -0.2) is 0 Å². The number of rotatable bonds is 3. The first-order valence-electron chi connectivity index (χ1n) is 5.96. The quantitative estimate of drug-likeness (QED) is 0.807. The van der Waals surface area contributed by atoms with Crippen molar-refractivity contribution in [3.05, 3.63) is 41.2 Å². The van der Waals surface area contributed by atoms with Crippen molar-refractivity contribution in [1.29, 1.82) is 0 Å². The molecule has 0 aliphatic carbocycles. The highest BCUT2D eigenvalue weighted by molar-refractivity contribution is 5.82. The number of hydrogen-bond donors (Lipinski definition) is 0. The largest absolute Gasteiger partial charge is 0.408 e. The normalized spacial score (nSPS) is 11.7. The molecule has 0 aliphatic heterocycles. The minimum atomic E-state index is -4.30. The molecule has 0 saturated heterocycles. The van der Waals surface area contributed by atoms with E-state index in [1.807, 2.05) is 0 Å². The van der Waals surface area contributed by atoms with Crippen molar-refractivity contribution in [2.45, 2.75) is 26.6 Å². The summed E-state index contributed by atoms with van der Waals surface area (Å²) in [4.78, 5) is 10.9. The molecule has 0 fully saturated rings. The van der Waals surface area contributed by atoms with Crippen molar-refractivity contribution < 1.29 is 18.0 Å². The fraction of sp³-hybridized carbons (Fsp3) is 0.286. The van der Waals surface area contributed by atoms with E-state index in [0.29, 0.717) is 11.1 Å². The Bertz CT molecular complexity index is 621. The Balaban J connectivity index is 2.35. The number of nitrogens with zero attached hydrogens (tertiary/aromatic N) is 2. The molecule has 1 aromatic heterocycles. The van der Waals surface area contributed by atoms with E-state index in [2.05, 4.69) is 5.10 Å². The molecule has 20 heavy (non-hydrogen) atoms. The fourth-order valence-corrected chi connectivity index (χ4v) is 2.11. The minimum Gasteiger partial charge on any atom is -0.298 e. The molecule has 3 nitrogen and oxygen atoms in total. The van der Waals surface area contributed by atoms with Crippen LogP contribution in [0.5, 0.6) is 0 Å². The molecule has 0 unspecified atom stereocenters. The number of hydrogen-bond acceptors (Lipinski definition) is 2. The second kappa shape index (κ2) is 5.11. The van der Waals surface area contributed by atoms with Crippen LogP contribution in [0.3, 0.4) is 0 Å². The van der Waals surface area contributed by atoms with Crippen LogP contribution in [0.1, 0.15) is 21.5 Å². The first-order valence-corrected chi connectivity index (χ1v) is 5.96. The zero-order valence-electron chi connectivity index (χ0n) is 11.0. The number of carbonyl (C=O) groups is 1. The van der Waals surface area contributed by atoms with Crippen LogP contribution in [0.15, 0.2) is 24.5 Å². The van der Waals surface area contributed by atoms with Crippen molar-refractivity contribution in [3.63, 3.8) is 0 Å². The summed E-state index contributed by atoms with van der Waals surface area (Å²) >= 11 is 0. The predicted molar refractivity (Wildman–Crippen MR) is 68.6 cm³/mol. The van der Waals surface area contributed by atoms with Crippen LogP contribution < -0.4 is 0 Å². The molecular formula is C14H13F3N2O. The molecule has 1 heterocycles. The summed E-state index contributed by atoms with van der Waals surface area (Å²) in [5.41, 5.74) is 3.53. The Labute approximate surface area is 114 Å². The SMILES string of the molecule is Cc1cc(-c2cnn(CC(F)(F)F)c2)cc(C)c1C=O. The molecule has 0 amide bonds. The molecule has 2 aromatic rings. The fourth-order valence-electron chi connectivity index (χ4n) is 2.11. The summed E-state index contributed by atoms with van der Waals surface area (Å²) in [6.45, 7) is 2.47. The number of alkyl halides is 3. The Hall–Kier alpha value is -2.11. The summed E-state index contributed by atoms with van der Waals surface area (Å²) in [6.07, 6.45) is -0.777. The minimum absolute atomic E-state index is 0.595. The van der Waals surface area contributed by atoms with Gasteiger partial charge in [0.15, 0.2) is 6.29 Å². The zero-order chi connectivity index (χ0) is 14.9. The molecule has 0 N–H and O–H groups in total. The van der Waals surface area contributed by atoms with Gasteiger partial charge >= 0.3 is 6.18 Å². The first-order chi connectivity index (χ1) is 9.30. The van der Waals surface area contributed by atoms with E-state index in [1.54, 1.807) is 26.0 Å². The van der Waals surface area contributed by atoms with Crippen molar-refractivity contribution in [2.24, 2.45) is 0 Å². The maximum absolute atomic E-state index is 12.3. The number of halogens is 3. The molecule has 0 aliphatic rings. The molecule has 0 bridgehead atoms. The van der Waals surface area contributed by atoms with Crippen LogP contribution in [-0.4, -0.2) is 22.2 Å². The smallest absolute Gasteiger partial charge is 0.298 e. The average molecular weight is 282 g/mol. The summed E-state index contributed by atoms with van der Waals surface area (Å²) in [6, 6.07) is 3.54. The number of aldehydes is 1. The van der Waals surface area contributed by atoms with E-state index in [1.165, 1.54) is 12.4 Å². The lowest BCUT2D eigenvalue weighted by Crippen LogP contribution is -2.17. The maximum Gasteiger partial charge on any atom is 0.408 e. The number of benzene rings is 1. The Kier molecular flexibility index (Phi) is 3.65. The van der Waals surface area contributed by atoms with E-state index in [0.717, 1.165) is 27.7 Å². The molecule has 0 atom stereocenters. The van der Waals surface area contributed by atoms with Gasteiger partial charge in [0.25, 0.3) is 0 Å². The molecule has 0 spiro atoms. The molecule has 0 saturated carbocycles. The molecule has 6 heteroatoms. The molecule has 2 rings (SSSR count). The highest BCUT2D eigenvalue weighted by Gasteiger charge is 2.28. The van der Waals surface area contributed by atoms with Gasteiger partial charge in [-0.1, -0.05) is 12.1 Å². The second-order valence-corrected chi connectivity index (χ2v) is 4.68. The molecule has 1 aromatic carbocycles. The Morgan fingerprint density at radius 3 is 2.30 bits per heavy atom. The summed E-state index contributed by atoms with van der Waals surface area (Å²) < 4.78 is 37.7. The lowest BCUT2D eigenvalue weighted by atomic mass is 9.98. The standard InChI is InChI=1S/C14H13F3N2O/c1-9-3-11(4-10(2)13(9)7-20)12-5-18-19(6-12)8-14(15,16)17/h3-7H,8H2,1-2H3. The Morgan fingerprint density at radius 1 is 1.20 bits per heavy atom. The van der Waals surface area contributed by atoms with Crippen molar-refractivity contribution >= 4 is 6.29 Å². The Morgan fingerprint density at radius 2 is 1.80 bits per heavy atom. The number of carbonyl (C=O) groups excluding carboxylic acids is 1. The molecule has 0 radical (unpaired) electrons. The summed E-state index contributed by atoms with van der Waals surface area (Å²) in [7, 11) is 0. The van der Waals surface area contributed by atoms with Crippen LogP contribution in [0.25, 0.3) is 11.1 Å². The monoisotopic (exact) mass is 282 g/mol. The first kappa shape index (κ1) is 14.3. The van der Waals surface area contributed by atoms with E-state index >= 15 is 0 Å². The van der Waals surface area contributed by atoms with E-state index in [-0.39, 0.29) is 0 Å². The van der Waals surface area contributed by atoms with Crippen LogP contribution in [0, 0.1) is 13.8 Å². The van der Waals surface area contributed by atoms with Crippen molar-refractivity contribution in [2.75, 3.05) is 0 Å². The number of aromatic nitrogens is 2. The number of aryl methyl sites for hydroxylation is 2. The maximum atomic E-state index is 12.3. The zero-order valence-corrected chi connectivity index (χ0v) is 11.0. The van der Waals surface area contributed by atoms with Crippen LogP contribution in [0.4, 0.5) is 13.2 Å². The van der Waals surface area contributed by atoms with Gasteiger partial charge in [-0.2, -0.15) is 18.3 Å². The third-order valence-electron chi connectivity index (χ3n) is 3.02. The van der Waals surface area contributed by atoms with Gasteiger partial charge in [0.05, 0.1) is 6.20 Å². The van der Waals surface area contributed by atoms with Crippen molar-refractivity contribution in [1.82, 2.24) is 9.78 Å². The van der Waals surface area contributed by atoms with Crippen LogP contribution in [0.2, 0.25) is 0 Å². The topological polar surface area (TPSA) is 34.9 Å². The highest BCUT2D eigenvalue weighted by atomic mass is 19.4. The van der Waals surface area contributed by atoms with Crippen LogP contribution in [-0.2, 0) is 6.54 Å². The average Bonchev–Trinajstić information content (AvgIpc) is 2.74. The van der Waals surface area contributed by atoms with Crippen LogP contribution >= 0.6 is 0 Å². The van der Waals surface area contributed by atoms with Gasteiger partial charge in [0.2, 0.25) is 0 Å². The van der Waals surface area contributed by atoms with Gasteiger partial charge in [-0.3, -0.25) is 9.48 Å². The lowest BCUT2D eigenvalue weighted by Gasteiger charge is -2.07. The summed E-state index contributed by atoms with van der Waals surface area (Å²) in [5.74, 6) is 0. The highest BCUT2D eigenvalue weighted by Crippen LogP contribution is 2.25. The van der Waals surface area contributed by atoms with Gasteiger partial charge in [-0.15, -0.1) is 0 Å². The summed E-state index contributed by atoms with van der Waals surface area (Å²) in [5, 5.41) is 3.71. The second-order valence-electron chi connectivity index (χ2n) is 4.68. The third kappa shape index (κ3) is 3.07. The van der Waals surface area contributed by atoms with Crippen molar-refractivity contribution in [3.8, 4) is 11.1 Å². The van der Waals surface area contributed by atoms with E-state index < -0.39 is 12.7 Å². The molecule has 106 valence electrons. The van der Waals surface area contributed by atoms with Gasteiger partial charge in [0.1, 0.15) is 6.54 Å². The van der Waals surface area contributed by atoms with Gasteiger partial charge < -0.3 is 0 Å². The lowest BCUT2D eigenvalue weighted by molar-refractivity contribution is -0.142. The van der Waals surface area contributed by atoms with E-state index in [4.69, 9.17) is 0 Å².